The molecular weight excluding hydrogens is 378 g/mol. The molecule has 0 radical (unpaired) electrons. The minimum Gasteiger partial charge on any atom is -0.345 e. The second-order valence-corrected chi connectivity index (χ2v) is 9.92. The first-order chi connectivity index (χ1) is 15.3. The Kier molecular flexibility index (Phi) is 27.0. The van der Waals surface area contributed by atoms with E-state index in [-0.39, 0.29) is 0 Å². The number of unbranched alkanes of at least 4 members (excludes halogenated alkanes) is 22. The first kappa shape index (κ1) is 30.5. The van der Waals surface area contributed by atoms with Crippen LogP contribution in [0.1, 0.15) is 168 Å². The number of rotatable bonds is 27. The molecule has 0 unspecified atom stereocenters. The van der Waals surface area contributed by atoms with Gasteiger partial charge in [0.1, 0.15) is 0 Å². The van der Waals surface area contributed by atoms with Crippen LogP contribution in [-0.2, 0) is 4.79 Å². The largest absolute Gasteiger partial charge is 0.345 e. The first-order valence-electron chi connectivity index (χ1n) is 14.5. The Balaban J connectivity index is 3.27. The quantitative estimate of drug-likeness (QED) is 0.0924. The molecular formula is C29H59NO. The molecule has 0 saturated carbocycles. The van der Waals surface area contributed by atoms with Gasteiger partial charge in [-0.1, -0.05) is 155 Å². The van der Waals surface area contributed by atoms with Gasteiger partial charge in [-0.3, -0.25) is 4.79 Å². The average Bonchev–Trinajstić information content (AvgIpc) is 2.79. The third-order valence-electron chi connectivity index (χ3n) is 6.75. The van der Waals surface area contributed by atoms with Gasteiger partial charge in [-0.05, 0) is 12.8 Å². The molecule has 0 aromatic rings. The van der Waals surface area contributed by atoms with E-state index in [2.05, 4.69) is 13.8 Å². The van der Waals surface area contributed by atoms with Gasteiger partial charge in [-0.15, -0.1) is 0 Å². The molecule has 0 saturated heterocycles. The van der Waals surface area contributed by atoms with E-state index in [0.29, 0.717) is 0 Å². The third-order valence-corrected chi connectivity index (χ3v) is 6.75. The van der Waals surface area contributed by atoms with Crippen molar-refractivity contribution in [2.24, 2.45) is 0 Å². The van der Waals surface area contributed by atoms with Gasteiger partial charge in [0.25, 0.3) is 0 Å². The monoisotopic (exact) mass is 437 g/mol. The first-order valence-corrected chi connectivity index (χ1v) is 14.5. The highest BCUT2D eigenvalue weighted by Crippen LogP contribution is 2.13. The summed E-state index contributed by atoms with van der Waals surface area (Å²) < 4.78 is 0. The summed E-state index contributed by atoms with van der Waals surface area (Å²) in [6.07, 6.45) is 34.2. The number of carbonyl (C=O) groups excluding carboxylic acids is 1. The van der Waals surface area contributed by atoms with Crippen LogP contribution in [0, 0.1) is 0 Å². The number of amides is 1. The lowest BCUT2D eigenvalue weighted by atomic mass is 10.0. The molecule has 0 aliphatic heterocycles. The van der Waals surface area contributed by atoms with Crippen molar-refractivity contribution in [3.63, 3.8) is 0 Å². The van der Waals surface area contributed by atoms with Crippen molar-refractivity contribution in [3.05, 3.63) is 0 Å². The molecule has 0 fully saturated rings. The molecule has 0 spiro atoms. The summed E-state index contributed by atoms with van der Waals surface area (Å²) in [7, 11) is 0. The maximum Gasteiger partial charge on any atom is 0.209 e. The summed E-state index contributed by atoms with van der Waals surface area (Å²) in [5.41, 5.74) is 0. The van der Waals surface area contributed by atoms with Crippen LogP contribution in [0.15, 0.2) is 0 Å². The van der Waals surface area contributed by atoms with Crippen molar-refractivity contribution in [2.75, 3.05) is 13.1 Å². The number of nitrogens with zero attached hydrogens (tertiary/aromatic N) is 1. The summed E-state index contributed by atoms with van der Waals surface area (Å²) in [6.45, 7) is 6.51. The smallest absolute Gasteiger partial charge is 0.209 e. The van der Waals surface area contributed by atoms with Gasteiger partial charge in [0.2, 0.25) is 6.41 Å². The summed E-state index contributed by atoms with van der Waals surface area (Å²) in [6, 6.07) is 0. The van der Waals surface area contributed by atoms with Crippen LogP contribution >= 0.6 is 0 Å². The van der Waals surface area contributed by atoms with Crippen molar-refractivity contribution < 1.29 is 4.79 Å². The Morgan fingerprint density at radius 1 is 0.387 bits per heavy atom. The zero-order valence-corrected chi connectivity index (χ0v) is 21.8. The van der Waals surface area contributed by atoms with Gasteiger partial charge < -0.3 is 4.90 Å². The van der Waals surface area contributed by atoms with Crippen LogP contribution in [0.2, 0.25) is 0 Å². The van der Waals surface area contributed by atoms with Crippen molar-refractivity contribution in [1.29, 1.82) is 0 Å². The highest BCUT2D eigenvalue weighted by atomic mass is 16.1. The Morgan fingerprint density at radius 3 is 0.839 bits per heavy atom. The number of hydrogen-bond acceptors (Lipinski definition) is 1. The number of carbonyl (C=O) groups is 1. The predicted octanol–water partition coefficient (Wildman–Crippen LogP) is 9.85. The predicted molar refractivity (Wildman–Crippen MR) is 140 cm³/mol. The molecule has 1 amide bonds. The van der Waals surface area contributed by atoms with E-state index in [1.54, 1.807) is 0 Å². The molecule has 0 bridgehead atoms. The minimum absolute atomic E-state index is 0.971. The second kappa shape index (κ2) is 27.5. The van der Waals surface area contributed by atoms with Gasteiger partial charge in [0.05, 0.1) is 0 Å². The Morgan fingerprint density at radius 2 is 0.613 bits per heavy atom. The second-order valence-electron chi connectivity index (χ2n) is 9.92. The van der Waals surface area contributed by atoms with Crippen LogP contribution in [0.3, 0.4) is 0 Å². The molecule has 0 rings (SSSR count). The maximum atomic E-state index is 11.3. The van der Waals surface area contributed by atoms with Crippen LogP contribution in [0.4, 0.5) is 0 Å². The molecule has 0 N–H and O–H groups in total. The summed E-state index contributed by atoms with van der Waals surface area (Å²) in [5.74, 6) is 0. The van der Waals surface area contributed by atoms with Crippen LogP contribution in [0.25, 0.3) is 0 Å². The van der Waals surface area contributed by atoms with E-state index >= 15 is 0 Å². The van der Waals surface area contributed by atoms with E-state index in [4.69, 9.17) is 0 Å². The molecule has 0 atom stereocenters. The summed E-state index contributed by atoms with van der Waals surface area (Å²) in [5, 5.41) is 0. The molecule has 0 aliphatic carbocycles. The van der Waals surface area contributed by atoms with Crippen molar-refractivity contribution >= 4 is 6.41 Å². The van der Waals surface area contributed by atoms with Gasteiger partial charge in [0.15, 0.2) is 0 Å². The van der Waals surface area contributed by atoms with Crippen LogP contribution in [0.5, 0.6) is 0 Å². The molecule has 0 aliphatic rings. The van der Waals surface area contributed by atoms with E-state index in [9.17, 15) is 4.79 Å². The molecule has 2 heteroatoms. The SMILES string of the molecule is CCCCCCCCCCCCCCN(C=O)CCCCCCCCCCCCCC. The molecule has 0 aromatic carbocycles. The highest BCUT2D eigenvalue weighted by Gasteiger charge is 2.01. The minimum atomic E-state index is 0.971. The third kappa shape index (κ3) is 25.6. The lowest BCUT2D eigenvalue weighted by molar-refractivity contribution is -0.118. The molecule has 186 valence electrons. The molecule has 2 nitrogen and oxygen atoms in total. The lowest BCUT2D eigenvalue weighted by Gasteiger charge is -2.17. The van der Waals surface area contributed by atoms with Gasteiger partial charge in [-0.25, -0.2) is 0 Å². The average molecular weight is 438 g/mol. The van der Waals surface area contributed by atoms with E-state index in [0.717, 1.165) is 19.5 Å². The van der Waals surface area contributed by atoms with Crippen LogP contribution in [-0.4, -0.2) is 24.4 Å². The molecule has 0 aromatic heterocycles. The highest BCUT2D eigenvalue weighted by molar-refractivity contribution is 5.46. The van der Waals surface area contributed by atoms with Gasteiger partial charge >= 0.3 is 0 Å². The Hall–Kier alpha value is -0.530. The van der Waals surface area contributed by atoms with Crippen molar-refractivity contribution in [3.8, 4) is 0 Å². The number of hydrogen-bond donors (Lipinski definition) is 0. The van der Waals surface area contributed by atoms with Crippen molar-refractivity contribution in [2.45, 2.75) is 168 Å². The zero-order chi connectivity index (χ0) is 22.7. The van der Waals surface area contributed by atoms with Crippen molar-refractivity contribution in [1.82, 2.24) is 4.90 Å². The Labute approximate surface area is 197 Å². The van der Waals surface area contributed by atoms with E-state index in [1.165, 1.54) is 154 Å². The maximum absolute atomic E-state index is 11.3. The van der Waals surface area contributed by atoms with Gasteiger partial charge in [0, 0.05) is 13.1 Å². The standard InChI is InChI=1S/C29H59NO/c1-3-5-7-9-11-13-15-17-19-21-23-25-27-30(29-31)28-26-24-22-20-18-16-14-12-10-8-6-4-2/h29H,3-28H2,1-2H3. The normalized spacial score (nSPS) is 11.2. The summed E-state index contributed by atoms with van der Waals surface area (Å²) in [4.78, 5) is 13.3. The zero-order valence-electron chi connectivity index (χ0n) is 21.8. The fourth-order valence-corrected chi connectivity index (χ4v) is 4.53. The summed E-state index contributed by atoms with van der Waals surface area (Å²) >= 11 is 0. The fraction of sp³-hybridized carbons (Fsp3) is 0.966. The molecule has 31 heavy (non-hydrogen) atoms. The fourth-order valence-electron chi connectivity index (χ4n) is 4.53. The topological polar surface area (TPSA) is 20.3 Å². The van der Waals surface area contributed by atoms with E-state index < -0.39 is 0 Å². The van der Waals surface area contributed by atoms with Crippen LogP contribution < -0.4 is 0 Å². The van der Waals surface area contributed by atoms with Gasteiger partial charge in [-0.2, -0.15) is 0 Å². The molecule has 0 heterocycles. The lowest BCUT2D eigenvalue weighted by Crippen LogP contribution is -2.24. The Bertz CT molecular complexity index is 303. The van der Waals surface area contributed by atoms with E-state index in [1.807, 2.05) is 4.90 Å².